The van der Waals surface area contributed by atoms with Crippen molar-refractivity contribution in [3.05, 3.63) is 66.2 Å². The molecule has 1 aromatic heterocycles. The first-order chi connectivity index (χ1) is 14.8. The molecule has 0 aliphatic carbocycles. The van der Waals surface area contributed by atoms with Crippen LogP contribution in [0.2, 0.25) is 0 Å². The number of amides is 2. The summed E-state index contributed by atoms with van der Waals surface area (Å²) in [5, 5.41) is 18.1. The zero-order chi connectivity index (χ0) is 20.3. The molecule has 30 heavy (non-hydrogen) atoms. The van der Waals surface area contributed by atoms with E-state index in [2.05, 4.69) is 26.2 Å². The number of carbonyl (C=O) groups is 1. The second-order valence-corrected chi connectivity index (χ2v) is 7.40. The van der Waals surface area contributed by atoms with Gasteiger partial charge in [-0.2, -0.15) is 0 Å². The Labute approximate surface area is 173 Å². The third-order valence-electron chi connectivity index (χ3n) is 5.48. The summed E-state index contributed by atoms with van der Waals surface area (Å²) in [5.74, 6) is 0.672. The highest BCUT2D eigenvalue weighted by atomic mass is 16.6. The Morgan fingerprint density at radius 1 is 1.00 bits per heavy atom. The molecule has 3 heterocycles. The number of rotatable bonds is 5. The topological polar surface area (TPSA) is 103 Å². The summed E-state index contributed by atoms with van der Waals surface area (Å²) in [6.45, 7) is 1.26. The number of nitrogens with zero attached hydrogens (tertiary/aromatic N) is 4. The lowest BCUT2D eigenvalue weighted by Crippen LogP contribution is -2.48. The highest BCUT2D eigenvalue weighted by molar-refractivity contribution is 5.74. The maximum atomic E-state index is 12.3. The summed E-state index contributed by atoms with van der Waals surface area (Å²) in [7, 11) is 0. The molecule has 9 nitrogen and oxygen atoms in total. The lowest BCUT2D eigenvalue weighted by Gasteiger charge is -2.18. The minimum Gasteiger partial charge on any atom is -0.371 e. The maximum Gasteiger partial charge on any atom is 0.315 e. The summed E-state index contributed by atoms with van der Waals surface area (Å²) < 4.78 is 13.8. The van der Waals surface area contributed by atoms with Gasteiger partial charge in [-0.1, -0.05) is 60.7 Å². The Morgan fingerprint density at radius 2 is 1.73 bits per heavy atom. The van der Waals surface area contributed by atoms with Crippen LogP contribution in [0.5, 0.6) is 0 Å². The quantitative estimate of drug-likeness (QED) is 0.666. The third kappa shape index (κ3) is 3.64. The molecule has 0 bridgehead atoms. The van der Waals surface area contributed by atoms with E-state index < -0.39 is 0 Å². The number of aromatic nitrogens is 4. The molecule has 0 spiro atoms. The van der Waals surface area contributed by atoms with Gasteiger partial charge < -0.3 is 20.1 Å². The molecular weight excluding hydrogens is 384 g/mol. The van der Waals surface area contributed by atoms with Crippen LogP contribution in [0, 0.1) is 0 Å². The van der Waals surface area contributed by atoms with E-state index in [0.717, 1.165) is 11.1 Å². The third-order valence-corrected chi connectivity index (χ3v) is 5.48. The fourth-order valence-electron chi connectivity index (χ4n) is 4.00. The van der Waals surface area contributed by atoms with E-state index in [9.17, 15) is 4.79 Å². The number of fused-ring (bicyclic) bond motifs is 1. The molecule has 2 aromatic carbocycles. The van der Waals surface area contributed by atoms with Crippen LogP contribution in [-0.2, 0) is 16.0 Å². The van der Waals surface area contributed by atoms with Gasteiger partial charge in [-0.15, -0.1) is 5.10 Å². The monoisotopic (exact) mass is 406 g/mol. The first-order valence-corrected chi connectivity index (χ1v) is 9.94. The van der Waals surface area contributed by atoms with Crippen molar-refractivity contribution in [1.29, 1.82) is 0 Å². The van der Waals surface area contributed by atoms with Crippen molar-refractivity contribution < 1.29 is 14.3 Å². The number of carbonyl (C=O) groups excluding carboxylic acids is 1. The molecule has 2 saturated heterocycles. The number of tetrazole rings is 1. The molecule has 0 radical (unpaired) electrons. The zero-order valence-corrected chi connectivity index (χ0v) is 16.2. The van der Waals surface area contributed by atoms with E-state index in [1.54, 1.807) is 4.68 Å². The molecular formula is C21H22N6O3. The average Bonchev–Trinajstić information content (AvgIpc) is 3.51. The molecule has 3 aromatic rings. The molecule has 4 unspecified atom stereocenters. The average molecular weight is 406 g/mol. The van der Waals surface area contributed by atoms with Crippen LogP contribution in [0.25, 0.3) is 11.4 Å². The normalized spacial score (nSPS) is 25.1. The molecule has 2 N–H and O–H groups in total. The van der Waals surface area contributed by atoms with Gasteiger partial charge in [0.1, 0.15) is 18.2 Å². The first kappa shape index (κ1) is 18.7. The van der Waals surface area contributed by atoms with Crippen molar-refractivity contribution >= 4 is 6.03 Å². The van der Waals surface area contributed by atoms with Crippen LogP contribution < -0.4 is 10.6 Å². The fraction of sp³-hybridized carbons (Fsp3) is 0.333. The molecule has 5 rings (SSSR count). The lowest BCUT2D eigenvalue weighted by molar-refractivity contribution is 0.0624. The Morgan fingerprint density at radius 3 is 2.53 bits per heavy atom. The van der Waals surface area contributed by atoms with Gasteiger partial charge in [-0.05, 0) is 16.0 Å². The van der Waals surface area contributed by atoms with Gasteiger partial charge in [-0.3, -0.25) is 0 Å². The van der Waals surface area contributed by atoms with E-state index in [4.69, 9.17) is 9.47 Å². The Kier molecular flexibility index (Phi) is 5.12. The minimum absolute atomic E-state index is 0.153. The minimum atomic E-state index is -0.245. The van der Waals surface area contributed by atoms with Crippen molar-refractivity contribution in [2.24, 2.45) is 0 Å². The predicted molar refractivity (Wildman–Crippen MR) is 107 cm³/mol. The zero-order valence-electron chi connectivity index (χ0n) is 16.2. The largest absolute Gasteiger partial charge is 0.371 e. The summed E-state index contributed by atoms with van der Waals surface area (Å²) in [6.07, 6.45) is -0.472. The molecule has 2 aliphatic heterocycles. The van der Waals surface area contributed by atoms with Crippen LogP contribution >= 0.6 is 0 Å². The van der Waals surface area contributed by atoms with Crippen molar-refractivity contribution in [2.45, 2.75) is 30.8 Å². The van der Waals surface area contributed by atoms with Gasteiger partial charge in [0.2, 0.25) is 0 Å². The van der Waals surface area contributed by atoms with Gasteiger partial charge in [-0.25, -0.2) is 9.48 Å². The summed E-state index contributed by atoms with van der Waals surface area (Å²) in [6, 6.07) is 18.9. The SMILES string of the molecule is O=C(NCc1ccccc1)NC1COC2C1OCC2n1nnnc1-c1ccccc1. The van der Waals surface area contributed by atoms with Crippen molar-refractivity contribution in [2.75, 3.05) is 13.2 Å². The van der Waals surface area contributed by atoms with Crippen molar-refractivity contribution in [3.63, 3.8) is 0 Å². The highest BCUT2D eigenvalue weighted by Gasteiger charge is 2.50. The second-order valence-electron chi connectivity index (χ2n) is 7.40. The van der Waals surface area contributed by atoms with E-state index >= 15 is 0 Å². The number of ether oxygens (including phenoxy) is 2. The van der Waals surface area contributed by atoms with E-state index in [1.807, 2.05) is 60.7 Å². The summed E-state index contributed by atoms with van der Waals surface area (Å²) >= 11 is 0. The van der Waals surface area contributed by atoms with E-state index in [1.165, 1.54) is 0 Å². The standard InChI is InChI=1S/C21H22N6O3/c28-21(22-11-14-7-3-1-4-8-14)23-16-12-29-19-17(13-30-18(16)19)27-20(24-25-26-27)15-9-5-2-6-10-15/h1-10,16-19H,11-13H2,(H2,22,23,28). The smallest absolute Gasteiger partial charge is 0.315 e. The highest BCUT2D eigenvalue weighted by Crippen LogP contribution is 2.35. The van der Waals surface area contributed by atoms with Crippen LogP contribution in [0.1, 0.15) is 11.6 Å². The summed E-state index contributed by atoms with van der Waals surface area (Å²) in [4.78, 5) is 12.3. The number of nitrogens with one attached hydrogen (secondary N) is 2. The van der Waals surface area contributed by atoms with Crippen molar-refractivity contribution in [3.8, 4) is 11.4 Å². The van der Waals surface area contributed by atoms with Crippen LogP contribution in [0.3, 0.4) is 0 Å². The van der Waals surface area contributed by atoms with Crippen LogP contribution in [-0.4, -0.2) is 57.7 Å². The number of urea groups is 1. The molecule has 2 amide bonds. The van der Waals surface area contributed by atoms with Gasteiger partial charge in [0, 0.05) is 12.1 Å². The van der Waals surface area contributed by atoms with Gasteiger partial charge in [0.05, 0.1) is 19.3 Å². The van der Waals surface area contributed by atoms with Crippen LogP contribution in [0.4, 0.5) is 4.79 Å². The van der Waals surface area contributed by atoms with Gasteiger partial charge in [0.25, 0.3) is 0 Å². The molecule has 4 atom stereocenters. The van der Waals surface area contributed by atoms with Gasteiger partial charge in [0.15, 0.2) is 5.82 Å². The van der Waals surface area contributed by atoms with E-state index in [-0.39, 0.29) is 30.3 Å². The molecule has 0 saturated carbocycles. The Balaban J connectivity index is 1.23. The van der Waals surface area contributed by atoms with E-state index in [0.29, 0.717) is 25.6 Å². The number of hydrogen-bond acceptors (Lipinski definition) is 6. The maximum absolute atomic E-state index is 12.3. The van der Waals surface area contributed by atoms with Crippen molar-refractivity contribution in [1.82, 2.24) is 30.8 Å². The lowest BCUT2D eigenvalue weighted by atomic mass is 10.1. The van der Waals surface area contributed by atoms with Gasteiger partial charge >= 0.3 is 6.03 Å². The molecule has 2 fully saturated rings. The summed E-state index contributed by atoms with van der Waals surface area (Å²) in [5.41, 5.74) is 1.97. The molecule has 2 aliphatic rings. The molecule has 154 valence electrons. The Bertz CT molecular complexity index is 996. The molecule has 9 heteroatoms. The predicted octanol–water partition coefficient (Wildman–Crippen LogP) is 1.55. The number of hydrogen-bond donors (Lipinski definition) is 2. The van der Waals surface area contributed by atoms with Crippen LogP contribution in [0.15, 0.2) is 60.7 Å². The second kappa shape index (κ2) is 8.21. The Hall–Kier alpha value is -3.30. The number of benzene rings is 2. The fourth-order valence-corrected chi connectivity index (χ4v) is 4.00. The first-order valence-electron chi connectivity index (χ1n) is 9.94.